The van der Waals surface area contributed by atoms with Gasteiger partial charge in [0.2, 0.25) is 0 Å². The third-order valence-corrected chi connectivity index (χ3v) is 2.71. The molecule has 1 saturated carbocycles. The minimum atomic E-state index is -0.415. The molecule has 0 aliphatic heterocycles. The highest BCUT2D eigenvalue weighted by Crippen LogP contribution is 2.28. The molecular formula is C14H14ClFO2. The van der Waals surface area contributed by atoms with Crippen LogP contribution in [0.4, 0.5) is 4.39 Å². The first-order chi connectivity index (χ1) is 8.79. The summed E-state index contributed by atoms with van der Waals surface area (Å²) in [6, 6.07) is 4.47. The van der Waals surface area contributed by atoms with Gasteiger partial charge in [-0.05, 0) is 37.0 Å². The van der Waals surface area contributed by atoms with Crippen molar-refractivity contribution in [1.82, 2.24) is 0 Å². The summed E-state index contributed by atoms with van der Waals surface area (Å²) in [5.41, 5.74) is 0.675. The Morgan fingerprint density at radius 3 is 2.94 bits per heavy atom. The van der Waals surface area contributed by atoms with Gasteiger partial charge < -0.3 is 9.47 Å². The lowest BCUT2D eigenvalue weighted by Crippen LogP contribution is -2.06. The van der Waals surface area contributed by atoms with Gasteiger partial charge in [0.25, 0.3) is 0 Å². The van der Waals surface area contributed by atoms with E-state index < -0.39 is 5.82 Å². The van der Waals surface area contributed by atoms with E-state index in [-0.39, 0.29) is 18.4 Å². The molecule has 0 N–H and O–H groups in total. The average Bonchev–Trinajstić information content (AvgIpc) is 3.19. The van der Waals surface area contributed by atoms with E-state index in [4.69, 9.17) is 21.1 Å². The maximum absolute atomic E-state index is 13.4. The number of alkyl halides is 1. The Hall–Kier alpha value is -1.24. The fourth-order valence-electron chi connectivity index (χ4n) is 1.43. The van der Waals surface area contributed by atoms with Gasteiger partial charge in [-0.3, -0.25) is 0 Å². The zero-order valence-corrected chi connectivity index (χ0v) is 10.7. The van der Waals surface area contributed by atoms with Crippen molar-refractivity contribution in [2.24, 2.45) is 5.92 Å². The summed E-state index contributed by atoms with van der Waals surface area (Å²) in [5.74, 6) is 6.18. The Labute approximate surface area is 111 Å². The smallest absolute Gasteiger partial charge is 0.189 e. The van der Waals surface area contributed by atoms with Gasteiger partial charge in [-0.15, -0.1) is 11.6 Å². The van der Waals surface area contributed by atoms with Gasteiger partial charge in [-0.25, -0.2) is 4.39 Å². The number of hydrogen-bond acceptors (Lipinski definition) is 2. The molecule has 0 heterocycles. The van der Waals surface area contributed by atoms with Crippen LogP contribution in [-0.4, -0.2) is 19.3 Å². The lowest BCUT2D eigenvalue weighted by Gasteiger charge is -2.08. The standard InChI is InChI=1S/C14H14ClFO2/c15-7-1-2-11-5-6-13(16)14(8-11)18-10-17-9-12-3-4-12/h5-6,8,12H,3-4,7,9-10H2. The zero-order chi connectivity index (χ0) is 12.8. The van der Waals surface area contributed by atoms with E-state index in [2.05, 4.69) is 11.8 Å². The van der Waals surface area contributed by atoms with Crippen molar-refractivity contribution in [3.8, 4) is 17.6 Å². The largest absolute Gasteiger partial charge is 0.464 e. The van der Waals surface area contributed by atoms with Crippen molar-refractivity contribution in [2.75, 3.05) is 19.3 Å². The van der Waals surface area contributed by atoms with Gasteiger partial charge in [-0.2, -0.15) is 0 Å². The first-order valence-corrected chi connectivity index (χ1v) is 6.38. The Bertz CT molecular complexity index is 461. The van der Waals surface area contributed by atoms with Crippen LogP contribution in [0.2, 0.25) is 0 Å². The first-order valence-electron chi connectivity index (χ1n) is 5.84. The van der Waals surface area contributed by atoms with Crippen LogP contribution in [0.25, 0.3) is 0 Å². The average molecular weight is 269 g/mol. The predicted octanol–water partition coefficient (Wildman–Crippen LogP) is 3.18. The molecule has 18 heavy (non-hydrogen) atoms. The quantitative estimate of drug-likeness (QED) is 0.353. The molecule has 0 spiro atoms. The summed E-state index contributed by atoms with van der Waals surface area (Å²) in [7, 11) is 0. The Morgan fingerprint density at radius 2 is 2.22 bits per heavy atom. The fourth-order valence-corrected chi connectivity index (χ4v) is 1.50. The van der Waals surface area contributed by atoms with E-state index in [0.717, 1.165) is 0 Å². The SMILES string of the molecule is Fc1ccc(C#CCCl)cc1OCOCC1CC1. The van der Waals surface area contributed by atoms with Gasteiger partial charge in [-0.1, -0.05) is 11.8 Å². The molecule has 0 unspecified atom stereocenters. The van der Waals surface area contributed by atoms with E-state index in [1.54, 1.807) is 12.1 Å². The highest BCUT2D eigenvalue weighted by atomic mass is 35.5. The monoisotopic (exact) mass is 268 g/mol. The molecule has 1 aromatic carbocycles. The van der Waals surface area contributed by atoms with Gasteiger partial charge in [0, 0.05) is 5.56 Å². The first kappa shape index (κ1) is 13.2. The van der Waals surface area contributed by atoms with Gasteiger partial charge in [0.05, 0.1) is 12.5 Å². The summed E-state index contributed by atoms with van der Waals surface area (Å²) in [5, 5.41) is 0. The Morgan fingerprint density at radius 1 is 1.39 bits per heavy atom. The highest BCUT2D eigenvalue weighted by Gasteiger charge is 2.21. The van der Waals surface area contributed by atoms with Crippen LogP contribution in [0.3, 0.4) is 0 Å². The van der Waals surface area contributed by atoms with Crippen LogP contribution in [0, 0.1) is 23.6 Å². The molecule has 0 atom stereocenters. The molecule has 0 bridgehead atoms. The Kier molecular flexibility index (Phi) is 4.86. The van der Waals surface area contributed by atoms with Crippen molar-refractivity contribution in [1.29, 1.82) is 0 Å². The van der Waals surface area contributed by atoms with E-state index in [9.17, 15) is 4.39 Å². The Balaban J connectivity index is 1.88. The summed E-state index contributed by atoms with van der Waals surface area (Å²) in [4.78, 5) is 0. The molecule has 2 rings (SSSR count). The van der Waals surface area contributed by atoms with Crippen molar-refractivity contribution >= 4 is 11.6 Å². The van der Waals surface area contributed by atoms with E-state index >= 15 is 0 Å². The van der Waals surface area contributed by atoms with Crippen LogP contribution >= 0.6 is 11.6 Å². The third kappa shape index (κ3) is 4.21. The normalized spacial score (nSPS) is 13.9. The van der Waals surface area contributed by atoms with Crippen LogP contribution in [0.5, 0.6) is 5.75 Å². The van der Waals surface area contributed by atoms with Crippen LogP contribution < -0.4 is 4.74 Å². The van der Waals surface area contributed by atoms with Crippen molar-refractivity contribution in [2.45, 2.75) is 12.8 Å². The fraction of sp³-hybridized carbons (Fsp3) is 0.429. The van der Waals surface area contributed by atoms with Crippen molar-refractivity contribution in [3.63, 3.8) is 0 Å². The van der Waals surface area contributed by atoms with Gasteiger partial charge in [0.15, 0.2) is 18.4 Å². The summed E-state index contributed by atoms with van der Waals surface area (Å²) >= 11 is 5.46. The molecular weight excluding hydrogens is 255 g/mol. The second-order valence-electron chi connectivity index (χ2n) is 4.16. The second kappa shape index (κ2) is 6.63. The number of hydrogen-bond donors (Lipinski definition) is 0. The number of ether oxygens (including phenoxy) is 2. The minimum absolute atomic E-state index is 0.0693. The molecule has 4 heteroatoms. The zero-order valence-electron chi connectivity index (χ0n) is 9.92. The highest BCUT2D eigenvalue weighted by molar-refractivity contribution is 6.19. The second-order valence-corrected chi connectivity index (χ2v) is 4.42. The van der Waals surface area contributed by atoms with E-state index in [0.29, 0.717) is 18.1 Å². The molecule has 1 aliphatic carbocycles. The van der Waals surface area contributed by atoms with E-state index in [1.165, 1.54) is 18.9 Å². The maximum atomic E-state index is 13.4. The van der Waals surface area contributed by atoms with Crippen molar-refractivity contribution in [3.05, 3.63) is 29.6 Å². The molecule has 96 valence electrons. The summed E-state index contributed by atoms with van der Waals surface area (Å²) in [6.45, 7) is 0.757. The number of rotatable bonds is 5. The summed E-state index contributed by atoms with van der Waals surface area (Å²) < 4.78 is 24.0. The van der Waals surface area contributed by atoms with Gasteiger partial charge in [0.1, 0.15) is 0 Å². The lowest BCUT2D eigenvalue weighted by atomic mass is 10.2. The summed E-state index contributed by atoms with van der Waals surface area (Å²) in [6.07, 6.45) is 2.44. The van der Waals surface area contributed by atoms with Crippen LogP contribution in [-0.2, 0) is 4.74 Å². The predicted molar refractivity (Wildman–Crippen MR) is 68.2 cm³/mol. The molecule has 1 aliphatic rings. The maximum Gasteiger partial charge on any atom is 0.189 e. The molecule has 0 aromatic heterocycles. The molecule has 1 fully saturated rings. The van der Waals surface area contributed by atoms with Crippen LogP contribution in [0.15, 0.2) is 18.2 Å². The molecule has 0 amide bonds. The van der Waals surface area contributed by atoms with E-state index in [1.807, 2.05) is 0 Å². The topological polar surface area (TPSA) is 18.5 Å². The molecule has 1 aromatic rings. The van der Waals surface area contributed by atoms with Gasteiger partial charge >= 0.3 is 0 Å². The number of halogens is 2. The number of benzene rings is 1. The molecule has 0 radical (unpaired) electrons. The van der Waals surface area contributed by atoms with Crippen molar-refractivity contribution < 1.29 is 13.9 Å². The minimum Gasteiger partial charge on any atom is -0.464 e. The third-order valence-electron chi connectivity index (χ3n) is 2.58. The molecule has 0 saturated heterocycles. The lowest BCUT2D eigenvalue weighted by molar-refractivity contribution is 0.00792. The molecule has 2 nitrogen and oxygen atoms in total. The van der Waals surface area contributed by atoms with Crippen LogP contribution in [0.1, 0.15) is 18.4 Å².